The highest BCUT2D eigenvalue weighted by Gasteiger charge is 2.29. The molecule has 0 amide bonds. The van der Waals surface area contributed by atoms with Crippen LogP contribution in [-0.4, -0.2) is 18.1 Å². The Bertz CT molecular complexity index is 439. The quantitative estimate of drug-likeness (QED) is 0.609. The van der Waals surface area contributed by atoms with Crippen molar-refractivity contribution in [3.05, 3.63) is 39.4 Å². The average Bonchev–Trinajstić information content (AvgIpc) is 2.80. The second-order valence-corrected chi connectivity index (χ2v) is 4.78. The normalized spacial score (nSPS) is 16.4. The molecule has 1 aromatic carbocycles. The van der Waals surface area contributed by atoms with Gasteiger partial charge in [-0.15, -0.1) is 0 Å². The Morgan fingerprint density at radius 3 is 2.61 bits per heavy atom. The maximum absolute atomic E-state index is 11.3. The molecule has 1 heterocycles. The van der Waals surface area contributed by atoms with Gasteiger partial charge in [-0.25, -0.2) is 0 Å². The summed E-state index contributed by atoms with van der Waals surface area (Å²) in [5, 5.41) is 11.3. The molecule has 0 unspecified atom stereocenters. The molecule has 5 heteroatoms. The van der Waals surface area contributed by atoms with Gasteiger partial charge in [0.1, 0.15) is 0 Å². The van der Waals surface area contributed by atoms with Crippen molar-refractivity contribution in [2.24, 2.45) is 5.92 Å². The molecule has 1 fully saturated rings. The molecule has 0 radical (unpaired) electrons. The van der Waals surface area contributed by atoms with E-state index in [0.29, 0.717) is 31.1 Å². The number of hydrogen-bond donors (Lipinski definition) is 0. The molecule has 1 aliphatic rings. The summed E-state index contributed by atoms with van der Waals surface area (Å²) in [7, 11) is 0. The zero-order chi connectivity index (χ0) is 13.1. The number of nitro benzene ring substituents is 1. The first-order chi connectivity index (χ1) is 8.59. The van der Waals surface area contributed by atoms with Gasteiger partial charge in [-0.3, -0.25) is 10.1 Å². The van der Waals surface area contributed by atoms with Gasteiger partial charge < -0.3 is 9.47 Å². The second kappa shape index (κ2) is 5.46. The third kappa shape index (κ3) is 2.68. The molecule has 0 saturated carbocycles. The van der Waals surface area contributed by atoms with Gasteiger partial charge in [-0.05, 0) is 18.4 Å². The van der Waals surface area contributed by atoms with E-state index in [4.69, 9.17) is 9.47 Å². The highest BCUT2D eigenvalue weighted by atomic mass is 16.7. The van der Waals surface area contributed by atoms with Crippen molar-refractivity contribution in [3.8, 4) is 0 Å². The number of nitro groups is 1. The van der Waals surface area contributed by atoms with Crippen LogP contribution in [0.3, 0.4) is 0 Å². The fraction of sp³-hybridized carbons (Fsp3) is 0.538. The van der Waals surface area contributed by atoms with Gasteiger partial charge in [-0.2, -0.15) is 0 Å². The highest BCUT2D eigenvalue weighted by molar-refractivity contribution is 5.48. The molecule has 0 aliphatic carbocycles. The molecule has 0 spiro atoms. The molecule has 2 rings (SSSR count). The van der Waals surface area contributed by atoms with E-state index in [2.05, 4.69) is 0 Å². The molecule has 0 aromatic heterocycles. The zero-order valence-electron chi connectivity index (χ0n) is 10.6. The van der Waals surface area contributed by atoms with Crippen LogP contribution in [0, 0.1) is 16.0 Å². The summed E-state index contributed by atoms with van der Waals surface area (Å²) >= 11 is 0. The molecule has 18 heavy (non-hydrogen) atoms. The molecule has 0 atom stereocenters. The number of rotatable bonds is 4. The fourth-order valence-corrected chi connectivity index (χ4v) is 2.17. The van der Waals surface area contributed by atoms with E-state index >= 15 is 0 Å². The van der Waals surface area contributed by atoms with Crippen molar-refractivity contribution in [1.82, 2.24) is 0 Å². The van der Waals surface area contributed by atoms with Gasteiger partial charge in [-0.1, -0.05) is 26.0 Å². The van der Waals surface area contributed by atoms with E-state index in [1.807, 2.05) is 19.9 Å². The van der Waals surface area contributed by atoms with Crippen LogP contribution in [0.5, 0.6) is 0 Å². The first-order valence-corrected chi connectivity index (χ1v) is 6.09. The van der Waals surface area contributed by atoms with Crippen molar-refractivity contribution < 1.29 is 14.4 Å². The van der Waals surface area contributed by atoms with Crippen LogP contribution < -0.4 is 0 Å². The van der Waals surface area contributed by atoms with Crippen LogP contribution in [0.4, 0.5) is 5.69 Å². The summed E-state index contributed by atoms with van der Waals surface area (Å²) in [4.78, 5) is 10.9. The van der Waals surface area contributed by atoms with E-state index in [1.165, 1.54) is 0 Å². The van der Waals surface area contributed by atoms with E-state index in [-0.39, 0.29) is 10.6 Å². The van der Waals surface area contributed by atoms with Gasteiger partial charge in [0.25, 0.3) is 5.69 Å². The summed E-state index contributed by atoms with van der Waals surface area (Å²) in [6.07, 6.45) is 0.0779. The van der Waals surface area contributed by atoms with Gasteiger partial charge in [0.15, 0.2) is 6.29 Å². The predicted molar refractivity (Wildman–Crippen MR) is 66.3 cm³/mol. The number of hydrogen-bond acceptors (Lipinski definition) is 4. The van der Waals surface area contributed by atoms with Gasteiger partial charge in [0, 0.05) is 5.56 Å². The predicted octanol–water partition coefficient (Wildman–Crippen LogP) is 2.84. The number of benzene rings is 1. The summed E-state index contributed by atoms with van der Waals surface area (Å²) < 4.78 is 10.7. The van der Waals surface area contributed by atoms with Gasteiger partial charge >= 0.3 is 0 Å². The van der Waals surface area contributed by atoms with Gasteiger partial charge in [0.2, 0.25) is 0 Å². The molecule has 5 nitrogen and oxygen atoms in total. The minimum absolute atomic E-state index is 0.137. The summed E-state index contributed by atoms with van der Waals surface area (Å²) in [5.74, 6) is 0.365. The average molecular weight is 251 g/mol. The van der Waals surface area contributed by atoms with Crippen molar-refractivity contribution in [3.63, 3.8) is 0 Å². The maximum atomic E-state index is 11.3. The van der Waals surface area contributed by atoms with Crippen LogP contribution in [0.2, 0.25) is 0 Å². The molecular weight excluding hydrogens is 234 g/mol. The molecule has 1 aliphatic heterocycles. The lowest BCUT2D eigenvalue weighted by Gasteiger charge is -2.13. The molecule has 98 valence electrons. The van der Waals surface area contributed by atoms with Crippen LogP contribution in [0.15, 0.2) is 18.2 Å². The number of nitrogens with zero attached hydrogens (tertiary/aromatic N) is 1. The first kappa shape index (κ1) is 13.0. The van der Waals surface area contributed by atoms with E-state index < -0.39 is 6.29 Å². The Morgan fingerprint density at radius 2 is 2.06 bits per heavy atom. The molecule has 1 aromatic rings. The zero-order valence-corrected chi connectivity index (χ0v) is 10.6. The third-order valence-corrected chi connectivity index (χ3v) is 2.84. The topological polar surface area (TPSA) is 61.6 Å². The van der Waals surface area contributed by atoms with Crippen molar-refractivity contribution in [1.29, 1.82) is 0 Å². The van der Waals surface area contributed by atoms with Crippen LogP contribution >= 0.6 is 0 Å². The smallest absolute Gasteiger partial charge is 0.280 e. The largest absolute Gasteiger partial charge is 0.346 e. The Balaban J connectivity index is 2.41. The van der Waals surface area contributed by atoms with Crippen LogP contribution in [-0.2, 0) is 15.9 Å². The van der Waals surface area contributed by atoms with E-state index in [9.17, 15) is 10.1 Å². The molecular formula is C13H17NO4. The lowest BCUT2D eigenvalue weighted by molar-refractivity contribution is -0.387. The van der Waals surface area contributed by atoms with E-state index in [0.717, 1.165) is 5.56 Å². The van der Waals surface area contributed by atoms with E-state index in [1.54, 1.807) is 12.1 Å². The minimum Gasteiger partial charge on any atom is -0.346 e. The standard InChI is InChI=1S/C13H17NO4/c1-9(2)8-10-4-3-5-11(12(10)14(15)16)13-17-6-7-18-13/h3-5,9,13H,6-8H2,1-2H3. The van der Waals surface area contributed by atoms with Crippen LogP contribution in [0.1, 0.15) is 31.3 Å². The van der Waals surface area contributed by atoms with Gasteiger partial charge in [0.05, 0.1) is 23.7 Å². The van der Waals surface area contributed by atoms with Crippen molar-refractivity contribution in [2.75, 3.05) is 13.2 Å². The summed E-state index contributed by atoms with van der Waals surface area (Å²) in [5.41, 5.74) is 1.40. The Hall–Kier alpha value is -1.46. The number of para-hydroxylation sites is 1. The SMILES string of the molecule is CC(C)Cc1cccc(C2OCCO2)c1[N+](=O)[O-]. The Morgan fingerprint density at radius 1 is 1.39 bits per heavy atom. The second-order valence-electron chi connectivity index (χ2n) is 4.78. The van der Waals surface area contributed by atoms with Crippen LogP contribution in [0.25, 0.3) is 0 Å². The third-order valence-electron chi connectivity index (χ3n) is 2.84. The van der Waals surface area contributed by atoms with Crippen molar-refractivity contribution in [2.45, 2.75) is 26.6 Å². The van der Waals surface area contributed by atoms with Crippen molar-refractivity contribution >= 4 is 5.69 Å². The molecule has 0 bridgehead atoms. The maximum Gasteiger partial charge on any atom is 0.280 e. The minimum atomic E-state index is -0.600. The lowest BCUT2D eigenvalue weighted by atomic mass is 9.98. The summed E-state index contributed by atoms with van der Waals surface area (Å²) in [6, 6.07) is 5.33. The summed E-state index contributed by atoms with van der Waals surface area (Å²) in [6.45, 7) is 5.05. The highest BCUT2D eigenvalue weighted by Crippen LogP contribution is 2.34. The Labute approximate surface area is 106 Å². The number of ether oxygens (including phenoxy) is 2. The first-order valence-electron chi connectivity index (χ1n) is 6.09. The fourth-order valence-electron chi connectivity index (χ4n) is 2.17. The molecule has 0 N–H and O–H groups in total. The monoisotopic (exact) mass is 251 g/mol. The molecule has 1 saturated heterocycles. The lowest BCUT2D eigenvalue weighted by Crippen LogP contribution is -2.07. The Kier molecular flexibility index (Phi) is 3.93.